The van der Waals surface area contributed by atoms with E-state index in [9.17, 15) is 14.7 Å². The third-order valence-corrected chi connectivity index (χ3v) is 2.77. The van der Waals surface area contributed by atoms with Gasteiger partial charge in [-0.3, -0.25) is 9.36 Å². The van der Waals surface area contributed by atoms with Gasteiger partial charge in [0.2, 0.25) is 0 Å². The van der Waals surface area contributed by atoms with Gasteiger partial charge in [-0.2, -0.15) is 4.98 Å². The number of hydrogen-bond acceptors (Lipinski definition) is 5. The molecule has 110 valence electrons. The topological polar surface area (TPSA) is 104 Å². The van der Waals surface area contributed by atoms with Crippen molar-refractivity contribution in [3.63, 3.8) is 0 Å². The number of aromatic nitrogens is 2. The number of benzene rings is 1. The average molecular weight is 289 g/mol. The largest absolute Gasteiger partial charge is 0.394 e. The zero-order valence-electron chi connectivity index (χ0n) is 11.1. The summed E-state index contributed by atoms with van der Waals surface area (Å²) in [6.45, 7) is -0.506. The molecule has 0 radical (unpaired) electrons. The maximum absolute atomic E-state index is 11.9. The Labute approximate surface area is 120 Å². The van der Waals surface area contributed by atoms with Gasteiger partial charge in [-0.05, 0) is 18.2 Å². The van der Waals surface area contributed by atoms with E-state index in [1.165, 1.54) is 12.3 Å². The minimum Gasteiger partial charge on any atom is -0.394 e. The van der Waals surface area contributed by atoms with Crippen LogP contribution in [0.25, 0.3) is 0 Å². The van der Waals surface area contributed by atoms with Crippen LogP contribution in [0.1, 0.15) is 10.4 Å². The Bertz CT molecular complexity index is 669. The molecule has 0 fully saturated rings. The molecule has 3 N–H and O–H groups in total. The van der Waals surface area contributed by atoms with Gasteiger partial charge in [0.15, 0.2) is 0 Å². The number of rotatable bonds is 5. The Morgan fingerprint density at radius 2 is 2.00 bits per heavy atom. The minimum absolute atomic E-state index is 0.0603. The average Bonchev–Trinajstić information content (AvgIpc) is 2.50. The molecule has 0 saturated heterocycles. The Balaban J connectivity index is 2.10. The van der Waals surface area contributed by atoms with Gasteiger partial charge in [-0.1, -0.05) is 18.2 Å². The standard InChI is InChI=1S/C14H15N3O4/c18-9-11(19)8-17-7-6-12(16-14(17)21)15-13(20)10-4-2-1-3-5-10/h1-7,11,18-19H,8-9H2,(H,15,16,20,21). The number of amides is 1. The van der Waals surface area contributed by atoms with Crippen molar-refractivity contribution >= 4 is 11.7 Å². The molecule has 1 aromatic carbocycles. The first kappa shape index (κ1) is 14.9. The summed E-state index contributed by atoms with van der Waals surface area (Å²) in [5, 5.41) is 20.6. The second-order valence-electron chi connectivity index (χ2n) is 4.40. The summed E-state index contributed by atoms with van der Waals surface area (Å²) in [6.07, 6.45) is 0.365. The van der Waals surface area contributed by atoms with Crippen molar-refractivity contribution in [2.75, 3.05) is 11.9 Å². The van der Waals surface area contributed by atoms with E-state index in [4.69, 9.17) is 5.11 Å². The first-order valence-corrected chi connectivity index (χ1v) is 6.33. The van der Waals surface area contributed by atoms with Gasteiger partial charge in [-0.25, -0.2) is 4.79 Å². The highest BCUT2D eigenvalue weighted by molar-refractivity contribution is 6.03. The molecule has 0 aliphatic rings. The first-order chi connectivity index (χ1) is 10.1. The van der Waals surface area contributed by atoms with Crippen LogP contribution in [-0.4, -0.2) is 38.4 Å². The third kappa shape index (κ3) is 3.98. The number of aliphatic hydroxyl groups excluding tert-OH is 2. The molecule has 1 atom stereocenters. The van der Waals surface area contributed by atoms with Gasteiger partial charge in [0.05, 0.1) is 19.3 Å². The lowest BCUT2D eigenvalue weighted by atomic mass is 10.2. The number of aliphatic hydroxyl groups is 2. The van der Waals surface area contributed by atoms with Crippen molar-refractivity contribution in [1.82, 2.24) is 9.55 Å². The van der Waals surface area contributed by atoms with Crippen LogP contribution in [0.5, 0.6) is 0 Å². The molecular formula is C14H15N3O4. The third-order valence-electron chi connectivity index (χ3n) is 2.77. The summed E-state index contributed by atoms with van der Waals surface area (Å²) in [4.78, 5) is 27.3. The zero-order chi connectivity index (χ0) is 15.2. The number of nitrogens with zero attached hydrogens (tertiary/aromatic N) is 2. The smallest absolute Gasteiger partial charge is 0.349 e. The lowest BCUT2D eigenvalue weighted by Gasteiger charge is -2.10. The highest BCUT2D eigenvalue weighted by Crippen LogP contribution is 2.04. The summed E-state index contributed by atoms with van der Waals surface area (Å²) >= 11 is 0. The highest BCUT2D eigenvalue weighted by Gasteiger charge is 2.09. The molecule has 0 bridgehead atoms. The van der Waals surface area contributed by atoms with Crippen molar-refractivity contribution in [2.45, 2.75) is 12.6 Å². The van der Waals surface area contributed by atoms with Crippen molar-refractivity contribution in [3.05, 3.63) is 58.6 Å². The highest BCUT2D eigenvalue weighted by atomic mass is 16.3. The number of nitrogens with one attached hydrogen (secondary N) is 1. The molecule has 0 aliphatic heterocycles. The normalized spacial score (nSPS) is 11.9. The van der Waals surface area contributed by atoms with E-state index in [0.717, 1.165) is 4.57 Å². The molecule has 1 heterocycles. The van der Waals surface area contributed by atoms with Crippen LogP contribution in [0.15, 0.2) is 47.4 Å². The number of carbonyl (C=O) groups is 1. The Morgan fingerprint density at radius 3 is 2.62 bits per heavy atom. The Hall–Kier alpha value is -2.51. The number of anilines is 1. The quantitative estimate of drug-likeness (QED) is 0.710. The van der Waals surface area contributed by atoms with E-state index < -0.39 is 18.4 Å². The van der Waals surface area contributed by atoms with Crippen LogP contribution in [-0.2, 0) is 6.54 Å². The van der Waals surface area contributed by atoms with E-state index in [1.54, 1.807) is 30.3 Å². The van der Waals surface area contributed by atoms with Crippen molar-refractivity contribution in [3.8, 4) is 0 Å². The van der Waals surface area contributed by atoms with Gasteiger partial charge in [0, 0.05) is 11.8 Å². The Morgan fingerprint density at radius 1 is 1.29 bits per heavy atom. The van der Waals surface area contributed by atoms with Gasteiger partial charge < -0.3 is 15.5 Å². The van der Waals surface area contributed by atoms with Crippen molar-refractivity contribution in [2.24, 2.45) is 0 Å². The fourth-order valence-electron chi connectivity index (χ4n) is 1.70. The molecule has 2 aromatic rings. The number of carbonyl (C=O) groups excluding carboxylic acids is 1. The molecule has 0 aliphatic carbocycles. The second-order valence-corrected chi connectivity index (χ2v) is 4.40. The number of hydrogen-bond donors (Lipinski definition) is 3. The van der Waals surface area contributed by atoms with E-state index in [1.807, 2.05) is 0 Å². The summed E-state index contributed by atoms with van der Waals surface area (Å²) in [5.41, 5.74) is -0.160. The van der Waals surface area contributed by atoms with Crippen molar-refractivity contribution in [1.29, 1.82) is 0 Å². The van der Waals surface area contributed by atoms with Crippen molar-refractivity contribution < 1.29 is 15.0 Å². The predicted molar refractivity (Wildman–Crippen MR) is 76.0 cm³/mol. The van der Waals surface area contributed by atoms with Gasteiger partial charge in [-0.15, -0.1) is 0 Å². The SMILES string of the molecule is O=C(Nc1ccn(CC(O)CO)c(=O)n1)c1ccccc1. The van der Waals surface area contributed by atoms with Gasteiger partial charge in [0.1, 0.15) is 5.82 Å². The molecule has 1 unspecified atom stereocenters. The lowest BCUT2D eigenvalue weighted by molar-refractivity contribution is 0.0800. The molecule has 1 amide bonds. The van der Waals surface area contributed by atoms with E-state index in [-0.39, 0.29) is 18.3 Å². The van der Waals surface area contributed by atoms with Crippen LogP contribution in [0, 0.1) is 0 Å². The van der Waals surface area contributed by atoms with Crippen LogP contribution in [0.2, 0.25) is 0 Å². The van der Waals surface area contributed by atoms with Gasteiger partial charge in [0.25, 0.3) is 5.91 Å². The molecule has 21 heavy (non-hydrogen) atoms. The van der Waals surface area contributed by atoms with E-state index in [2.05, 4.69) is 10.3 Å². The molecule has 1 aromatic heterocycles. The van der Waals surface area contributed by atoms with Crippen LogP contribution in [0.4, 0.5) is 5.82 Å². The Kier molecular flexibility index (Phi) is 4.81. The summed E-state index contributed by atoms with van der Waals surface area (Å²) in [6, 6.07) is 10.0. The lowest BCUT2D eigenvalue weighted by Crippen LogP contribution is -2.30. The summed E-state index contributed by atoms with van der Waals surface area (Å²) in [5.74, 6) is -0.237. The minimum atomic E-state index is -1.03. The van der Waals surface area contributed by atoms with E-state index >= 15 is 0 Å². The molecular weight excluding hydrogens is 274 g/mol. The molecule has 7 heteroatoms. The van der Waals surface area contributed by atoms with Crippen LogP contribution < -0.4 is 11.0 Å². The maximum Gasteiger partial charge on any atom is 0.349 e. The molecule has 0 saturated carbocycles. The van der Waals surface area contributed by atoms with Crippen LogP contribution >= 0.6 is 0 Å². The maximum atomic E-state index is 11.9. The summed E-state index contributed by atoms with van der Waals surface area (Å²) < 4.78 is 1.15. The fraction of sp³-hybridized carbons (Fsp3) is 0.214. The fourth-order valence-corrected chi connectivity index (χ4v) is 1.70. The second kappa shape index (κ2) is 6.78. The van der Waals surface area contributed by atoms with Crippen LogP contribution in [0.3, 0.4) is 0 Å². The van der Waals surface area contributed by atoms with E-state index in [0.29, 0.717) is 5.56 Å². The molecule has 7 nitrogen and oxygen atoms in total. The summed E-state index contributed by atoms with van der Waals surface area (Å²) in [7, 11) is 0. The monoisotopic (exact) mass is 289 g/mol. The molecule has 2 rings (SSSR count). The first-order valence-electron chi connectivity index (χ1n) is 6.33. The van der Waals surface area contributed by atoms with Gasteiger partial charge >= 0.3 is 5.69 Å². The predicted octanol–water partition coefficient (Wildman–Crippen LogP) is -0.151. The zero-order valence-corrected chi connectivity index (χ0v) is 11.1. The molecule has 0 spiro atoms.